The molecule has 0 aliphatic heterocycles. The van der Waals surface area contributed by atoms with E-state index in [-0.39, 0.29) is 88.4 Å². The van der Waals surface area contributed by atoms with Crippen molar-refractivity contribution in [2.75, 3.05) is 0 Å². The second-order valence-corrected chi connectivity index (χ2v) is 0. The first-order chi connectivity index (χ1) is 1.00. The molecule has 0 saturated heterocycles. The predicted octanol–water partition coefficient (Wildman–Crippen LogP) is -3.00. The molecule has 0 bridgehead atoms. The summed E-state index contributed by atoms with van der Waals surface area (Å²) in [6.45, 7) is 0. The van der Waals surface area contributed by atoms with Crippen molar-refractivity contribution in [3.63, 3.8) is 0 Å². The van der Waals surface area contributed by atoms with Crippen molar-refractivity contribution >= 4 is 0 Å². The van der Waals surface area contributed by atoms with E-state index in [1.165, 1.54) is 0 Å². The average Bonchev–Trinajstić information content (AvgIpc) is 1.00. The van der Waals surface area contributed by atoms with Crippen LogP contribution in [0.4, 0.5) is 0 Å². The van der Waals surface area contributed by atoms with Crippen molar-refractivity contribution in [2.45, 2.75) is 0 Å². The molecule has 0 spiro atoms. The second kappa shape index (κ2) is 16.4. The first kappa shape index (κ1) is 15.7. The van der Waals surface area contributed by atoms with E-state index < -0.39 is 0 Å². The first-order valence-electron chi connectivity index (χ1n) is 0.154. The Morgan fingerprint density at radius 3 is 1.50 bits per heavy atom. The number of hydrogen-bond donors (Lipinski definition) is 0. The molecule has 0 heterocycles. The molecular weight excluding hydrogens is 249 g/mol. The van der Waals surface area contributed by atoms with Crippen molar-refractivity contribution in [1.82, 2.24) is 0 Å². The molecule has 1 radical (unpaired) electrons. The molecule has 0 unspecified atom stereocenters. The Balaban J connectivity index is -0.00000000167. The Kier molecular flexibility index (Phi) is 64.5. The summed E-state index contributed by atoms with van der Waals surface area (Å²) in [7, 11) is 0. The maximum atomic E-state index is 8.06. The summed E-state index contributed by atoms with van der Waals surface area (Å²) >= 11 is 1.69. The monoisotopic (exact) mass is 250 g/mol. The van der Waals surface area contributed by atoms with Gasteiger partial charge in [0, 0.05) is 35.6 Å². The molecule has 0 saturated carbocycles. The molecule has 4 heavy (non-hydrogen) atoms. The van der Waals surface area contributed by atoms with Gasteiger partial charge in [0.2, 0.25) is 0 Å². The van der Waals surface area contributed by atoms with E-state index in [2.05, 4.69) is 0 Å². The van der Waals surface area contributed by atoms with Crippen LogP contribution in [-0.4, -0.2) is 0 Å². The summed E-state index contributed by atoms with van der Waals surface area (Å²) < 4.78 is 8.06. The van der Waals surface area contributed by atoms with Crippen LogP contribution in [0.25, 0.3) is 0 Å². The minimum absolute atomic E-state index is 0. The third-order valence-electron chi connectivity index (χ3n) is 0. The quantitative estimate of drug-likeness (QED) is 0.419. The fourth-order valence-corrected chi connectivity index (χ4v) is 0. The Morgan fingerprint density at radius 2 is 1.50 bits per heavy atom. The van der Waals surface area contributed by atoms with Gasteiger partial charge in [0.1, 0.15) is 0 Å². The van der Waals surface area contributed by atoms with Crippen LogP contribution in [-0.2, 0) is 19.8 Å². The third kappa shape index (κ3) is 8.94. The van der Waals surface area contributed by atoms with E-state index in [1.54, 1.807) is 15.9 Å². The zero-order valence-electron chi connectivity index (χ0n) is 3.36. The molecule has 0 aromatic carbocycles. The molecule has 18 valence electrons. The van der Waals surface area contributed by atoms with Crippen molar-refractivity contribution < 1.29 is 108 Å². The van der Waals surface area contributed by atoms with Gasteiger partial charge in [0.05, 0.1) is 0 Å². The maximum absolute atomic E-state index is 8.06. The Morgan fingerprint density at radius 1 is 1.50 bits per heavy atom. The standard InChI is InChI=1S/K.La.Mn.O.H/q+1;;;;-1. The van der Waals surface area contributed by atoms with Crippen molar-refractivity contribution in [2.24, 2.45) is 0 Å². The van der Waals surface area contributed by atoms with Gasteiger partial charge in [-0.05, 0) is 0 Å². The zero-order chi connectivity index (χ0) is 2.00. The van der Waals surface area contributed by atoms with Gasteiger partial charge in [0.15, 0.2) is 0 Å². The van der Waals surface area contributed by atoms with E-state index in [0.29, 0.717) is 0 Å². The summed E-state index contributed by atoms with van der Waals surface area (Å²) in [5, 5.41) is 0. The SMILES string of the molecule is [H-].[K+].[La].[O]=[Mn]. The van der Waals surface area contributed by atoms with Crippen LogP contribution < -0.4 is 51.4 Å². The van der Waals surface area contributed by atoms with Crippen LogP contribution in [0.5, 0.6) is 0 Å². The fraction of sp³-hybridized carbons (Fsp3) is 0. The Bertz CT molecular complexity index is 11.6. The molecule has 0 aromatic rings. The number of hydrogen-bond acceptors (Lipinski definition) is 1. The molecule has 0 amide bonds. The predicted molar refractivity (Wildman–Crippen MR) is 1.80 cm³/mol. The molecule has 0 aliphatic rings. The summed E-state index contributed by atoms with van der Waals surface area (Å²) in [6, 6.07) is 0. The molecule has 1 nitrogen and oxygen atoms in total. The van der Waals surface area contributed by atoms with Crippen molar-refractivity contribution in [1.29, 1.82) is 0 Å². The van der Waals surface area contributed by atoms with Crippen molar-refractivity contribution in [3.05, 3.63) is 0 Å². The first-order valence-corrected chi connectivity index (χ1v) is 0.636. The van der Waals surface area contributed by atoms with E-state index in [4.69, 9.17) is 3.83 Å². The topological polar surface area (TPSA) is 17.1 Å². The Hall–Kier alpha value is 3.15. The van der Waals surface area contributed by atoms with Crippen LogP contribution in [0.15, 0.2) is 0 Å². The minimum atomic E-state index is 0. The molecule has 0 atom stereocenters. The molecular formula is HKLaMnO. The van der Waals surface area contributed by atoms with Crippen LogP contribution in [0.3, 0.4) is 0 Å². The Labute approximate surface area is 105 Å². The van der Waals surface area contributed by atoms with E-state index in [1.807, 2.05) is 0 Å². The molecule has 0 rings (SSSR count). The summed E-state index contributed by atoms with van der Waals surface area (Å²) in [5.74, 6) is 0. The van der Waals surface area contributed by atoms with Gasteiger partial charge in [0.25, 0.3) is 0 Å². The zero-order valence-corrected chi connectivity index (χ0v) is 10.3. The van der Waals surface area contributed by atoms with Gasteiger partial charge in [-0.15, -0.1) is 0 Å². The van der Waals surface area contributed by atoms with E-state index in [9.17, 15) is 0 Å². The van der Waals surface area contributed by atoms with Gasteiger partial charge in [-0.2, -0.15) is 0 Å². The van der Waals surface area contributed by atoms with Crippen LogP contribution >= 0.6 is 0 Å². The van der Waals surface area contributed by atoms with Gasteiger partial charge in [-0.1, -0.05) is 0 Å². The molecule has 0 aromatic heterocycles. The normalized spacial score (nSPS) is 1.00. The second-order valence-electron chi connectivity index (χ2n) is 0. The molecule has 0 fully saturated rings. The van der Waals surface area contributed by atoms with Crippen LogP contribution in [0.2, 0.25) is 0 Å². The third-order valence-corrected chi connectivity index (χ3v) is 0. The van der Waals surface area contributed by atoms with Gasteiger partial charge in [-0.3, -0.25) is 0 Å². The van der Waals surface area contributed by atoms with Gasteiger partial charge < -0.3 is 1.43 Å². The molecule has 4 heteroatoms. The fourth-order valence-electron chi connectivity index (χ4n) is 0. The van der Waals surface area contributed by atoms with Gasteiger partial charge >= 0.3 is 71.2 Å². The summed E-state index contributed by atoms with van der Waals surface area (Å²) in [5.41, 5.74) is 0. The number of rotatable bonds is 0. The van der Waals surface area contributed by atoms with E-state index >= 15 is 0 Å². The van der Waals surface area contributed by atoms with Crippen molar-refractivity contribution in [3.8, 4) is 0 Å². The van der Waals surface area contributed by atoms with Gasteiger partial charge in [-0.25, -0.2) is 0 Å². The van der Waals surface area contributed by atoms with E-state index in [0.717, 1.165) is 0 Å². The molecule has 0 N–H and O–H groups in total. The summed E-state index contributed by atoms with van der Waals surface area (Å²) in [6.07, 6.45) is 0. The summed E-state index contributed by atoms with van der Waals surface area (Å²) in [4.78, 5) is 0. The molecule has 0 aliphatic carbocycles. The van der Waals surface area contributed by atoms with Crippen LogP contribution in [0, 0.1) is 35.6 Å². The van der Waals surface area contributed by atoms with Crippen LogP contribution in [0.1, 0.15) is 1.43 Å². The average molecular weight is 250 g/mol.